The van der Waals surface area contributed by atoms with Gasteiger partial charge in [-0.3, -0.25) is 4.79 Å². The summed E-state index contributed by atoms with van der Waals surface area (Å²) in [5.74, 6) is 0.644. The predicted octanol–water partition coefficient (Wildman–Crippen LogP) is 1.03. The van der Waals surface area contributed by atoms with E-state index >= 15 is 0 Å². The summed E-state index contributed by atoms with van der Waals surface area (Å²) in [6.45, 7) is 6.95. The van der Waals surface area contributed by atoms with Crippen LogP contribution >= 0.6 is 0 Å². The second kappa shape index (κ2) is 5.68. The fraction of sp³-hybridized carbons (Fsp3) is 0.385. The van der Waals surface area contributed by atoms with Crippen LogP contribution in [0.25, 0.3) is 5.82 Å². The first-order valence-corrected chi connectivity index (χ1v) is 6.52. The number of carbonyl (C=O) groups is 1. The average molecular weight is 274 g/mol. The number of nitrogens with two attached hydrogens (primary N) is 1. The van der Waals surface area contributed by atoms with E-state index in [9.17, 15) is 4.79 Å². The number of aryl methyl sites for hydroxylation is 1. The molecule has 0 saturated carbocycles. The van der Waals surface area contributed by atoms with Crippen LogP contribution in [0.4, 0.5) is 5.82 Å². The molecule has 0 radical (unpaired) electrons. The van der Waals surface area contributed by atoms with Crippen LogP contribution in [0.2, 0.25) is 0 Å². The number of aromatic nitrogens is 4. The number of amides is 1. The molecule has 1 amide bonds. The fourth-order valence-corrected chi connectivity index (χ4v) is 1.89. The Hall–Kier alpha value is -2.44. The zero-order valence-corrected chi connectivity index (χ0v) is 11.9. The molecule has 0 fully saturated rings. The molecule has 2 rings (SSSR count). The van der Waals surface area contributed by atoms with Gasteiger partial charge in [-0.1, -0.05) is 0 Å². The highest BCUT2D eigenvalue weighted by atomic mass is 16.2. The van der Waals surface area contributed by atoms with E-state index in [1.54, 1.807) is 11.0 Å². The third-order valence-corrected chi connectivity index (χ3v) is 3.09. The van der Waals surface area contributed by atoms with Gasteiger partial charge in [-0.05, 0) is 32.9 Å². The maximum absolute atomic E-state index is 12.3. The molecule has 0 aliphatic heterocycles. The lowest BCUT2D eigenvalue weighted by atomic mass is 10.2. The normalized spacial score (nSPS) is 10.6. The van der Waals surface area contributed by atoms with Crippen LogP contribution in [0.1, 0.15) is 29.9 Å². The van der Waals surface area contributed by atoms with E-state index in [0.717, 1.165) is 5.69 Å². The topological polar surface area (TPSA) is 89.9 Å². The van der Waals surface area contributed by atoms with Crippen LogP contribution in [0.5, 0.6) is 0 Å². The van der Waals surface area contributed by atoms with Gasteiger partial charge in [0.05, 0.1) is 11.9 Å². The van der Waals surface area contributed by atoms with Gasteiger partial charge < -0.3 is 10.6 Å². The molecular formula is C13H18N6O. The van der Waals surface area contributed by atoms with Gasteiger partial charge in [-0.2, -0.15) is 14.9 Å². The molecule has 0 unspecified atom stereocenters. The number of nitrogen functional groups attached to an aromatic ring is 1. The van der Waals surface area contributed by atoms with Gasteiger partial charge >= 0.3 is 0 Å². The molecule has 7 nitrogen and oxygen atoms in total. The molecule has 0 aliphatic rings. The third kappa shape index (κ3) is 2.47. The SMILES string of the molecule is CCN(CC)C(=O)c1cnn(-c2ccc(C)nn2)c1N. The second-order valence-corrected chi connectivity index (χ2v) is 4.37. The summed E-state index contributed by atoms with van der Waals surface area (Å²) in [5.41, 5.74) is 7.20. The van der Waals surface area contributed by atoms with Gasteiger partial charge in [0.2, 0.25) is 0 Å². The van der Waals surface area contributed by atoms with E-state index < -0.39 is 0 Å². The Morgan fingerprint density at radius 3 is 2.55 bits per heavy atom. The lowest BCUT2D eigenvalue weighted by Gasteiger charge is -2.17. The Balaban J connectivity index is 2.36. The van der Waals surface area contributed by atoms with Crippen molar-refractivity contribution in [2.75, 3.05) is 18.8 Å². The van der Waals surface area contributed by atoms with Crippen molar-refractivity contribution in [2.45, 2.75) is 20.8 Å². The van der Waals surface area contributed by atoms with Crippen molar-refractivity contribution < 1.29 is 4.79 Å². The van der Waals surface area contributed by atoms with E-state index in [4.69, 9.17) is 5.73 Å². The van der Waals surface area contributed by atoms with Gasteiger partial charge in [0.25, 0.3) is 5.91 Å². The smallest absolute Gasteiger partial charge is 0.259 e. The maximum atomic E-state index is 12.3. The summed E-state index contributed by atoms with van der Waals surface area (Å²) in [4.78, 5) is 14.0. The van der Waals surface area contributed by atoms with E-state index in [0.29, 0.717) is 24.5 Å². The van der Waals surface area contributed by atoms with Crippen molar-refractivity contribution in [3.8, 4) is 5.82 Å². The minimum Gasteiger partial charge on any atom is -0.383 e. The van der Waals surface area contributed by atoms with Gasteiger partial charge in [0, 0.05) is 13.1 Å². The Bertz CT molecular complexity index is 600. The lowest BCUT2D eigenvalue weighted by Crippen LogP contribution is -2.30. The van der Waals surface area contributed by atoms with Crippen LogP contribution in [0, 0.1) is 6.92 Å². The van der Waals surface area contributed by atoms with Crippen LogP contribution in [0.3, 0.4) is 0 Å². The Morgan fingerprint density at radius 1 is 1.30 bits per heavy atom. The monoisotopic (exact) mass is 274 g/mol. The van der Waals surface area contributed by atoms with E-state index in [2.05, 4.69) is 15.3 Å². The van der Waals surface area contributed by atoms with Crippen molar-refractivity contribution in [3.05, 3.63) is 29.6 Å². The highest BCUT2D eigenvalue weighted by Crippen LogP contribution is 2.17. The minimum absolute atomic E-state index is 0.126. The first-order chi connectivity index (χ1) is 9.58. The lowest BCUT2D eigenvalue weighted by molar-refractivity contribution is 0.0774. The summed E-state index contributed by atoms with van der Waals surface area (Å²) in [7, 11) is 0. The van der Waals surface area contributed by atoms with E-state index in [1.165, 1.54) is 10.9 Å². The van der Waals surface area contributed by atoms with Crippen molar-refractivity contribution in [2.24, 2.45) is 0 Å². The van der Waals surface area contributed by atoms with Crippen molar-refractivity contribution in [1.29, 1.82) is 0 Å². The van der Waals surface area contributed by atoms with Crippen molar-refractivity contribution >= 4 is 11.7 Å². The highest BCUT2D eigenvalue weighted by molar-refractivity contribution is 5.98. The summed E-state index contributed by atoms with van der Waals surface area (Å²) < 4.78 is 1.42. The standard InChI is InChI=1S/C13H18N6O/c1-4-18(5-2)13(20)10-8-15-19(12(10)14)11-7-6-9(3)16-17-11/h6-8H,4-5,14H2,1-3H3. The molecule has 0 spiro atoms. The largest absolute Gasteiger partial charge is 0.383 e. The number of hydrogen-bond donors (Lipinski definition) is 1. The number of hydrogen-bond acceptors (Lipinski definition) is 5. The molecule has 2 aromatic rings. The number of carbonyl (C=O) groups excluding carboxylic acids is 1. The summed E-state index contributed by atoms with van der Waals surface area (Å²) in [6.07, 6.45) is 1.47. The highest BCUT2D eigenvalue weighted by Gasteiger charge is 2.20. The quantitative estimate of drug-likeness (QED) is 0.899. The fourth-order valence-electron chi connectivity index (χ4n) is 1.89. The minimum atomic E-state index is -0.126. The molecule has 106 valence electrons. The molecule has 2 aromatic heterocycles. The molecule has 7 heteroatoms. The van der Waals surface area contributed by atoms with Crippen LogP contribution < -0.4 is 5.73 Å². The number of nitrogens with zero attached hydrogens (tertiary/aromatic N) is 5. The maximum Gasteiger partial charge on any atom is 0.259 e. The van der Waals surface area contributed by atoms with Crippen molar-refractivity contribution in [3.63, 3.8) is 0 Å². The Morgan fingerprint density at radius 2 is 2.00 bits per heavy atom. The average Bonchev–Trinajstić information content (AvgIpc) is 2.83. The molecule has 0 saturated heterocycles. The van der Waals surface area contributed by atoms with E-state index in [-0.39, 0.29) is 11.7 Å². The molecule has 0 atom stereocenters. The zero-order valence-electron chi connectivity index (χ0n) is 11.9. The molecule has 0 aliphatic carbocycles. The van der Waals surface area contributed by atoms with Crippen LogP contribution in [-0.2, 0) is 0 Å². The molecule has 2 N–H and O–H groups in total. The predicted molar refractivity (Wildman–Crippen MR) is 75.6 cm³/mol. The Kier molecular flexibility index (Phi) is 3.97. The summed E-state index contributed by atoms with van der Waals surface area (Å²) >= 11 is 0. The molecule has 20 heavy (non-hydrogen) atoms. The molecular weight excluding hydrogens is 256 g/mol. The zero-order chi connectivity index (χ0) is 14.7. The molecule has 0 bridgehead atoms. The summed E-state index contributed by atoms with van der Waals surface area (Å²) in [6, 6.07) is 3.58. The second-order valence-electron chi connectivity index (χ2n) is 4.37. The third-order valence-electron chi connectivity index (χ3n) is 3.09. The first-order valence-electron chi connectivity index (χ1n) is 6.52. The molecule has 0 aromatic carbocycles. The number of rotatable bonds is 4. The van der Waals surface area contributed by atoms with Crippen molar-refractivity contribution in [1.82, 2.24) is 24.9 Å². The summed E-state index contributed by atoms with van der Waals surface area (Å²) in [5, 5.41) is 12.1. The van der Waals surface area contributed by atoms with Gasteiger partial charge in [-0.15, -0.1) is 5.10 Å². The number of anilines is 1. The van der Waals surface area contributed by atoms with Gasteiger partial charge in [0.15, 0.2) is 5.82 Å². The first kappa shape index (κ1) is 14.0. The molecule has 2 heterocycles. The van der Waals surface area contributed by atoms with Crippen LogP contribution in [0.15, 0.2) is 18.3 Å². The Labute approximate surface area is 117 Å². The van der Waals surface area contributed by atoms with E-state index in [1.807, 2.05) is 26.8 Å². The van der Waals surface area contributed by atoms with Gasteiger partial charge in [-0.25, -0.2) is 0 Å². The van der Waals surface area contributed by atoms with Crippen LogP contribution in [-0.4, -0.2) is 43.9 Å². The van der Waals surface area contributed by atoms with Gasteiger partial charge in [0.1, 0.15) is 11.4 Å².